The van der Waals surface area contributed by atoms with Gasteiger partial charge in [0.25, 0.3) is 0 Å². The normalized spacial score (nSPS) is 17.3. The maximum absolute atomic E-state index is 5.22. The van der Waals surface area contributed by atoms with E-state index in [2.05, 4.69) is 20.8 Å². The fourth-order valence-corrected chi connectivity index (χ4v) is 2.20. The first-order valence-corrected chi connectivity index (χ1v) is 5.82. The molecular weight excluding hydrogens is 208 g/mol. The predicted molar refractivity (Wildman–Crippen MR) is 64.8 cm³/mol. The van der Waals surface area contributed by atoms with Crippen molar-refractivity contribution >= 4 is 23.0 Å². The van der Waals surface area contributed by atoms with Gasteiger partial charge in [0.2, 0.25) is 0 Å². The number of nitrogens with zero attached hydrogens (tertiary/aromatic N) is 1. The molecule has 2 rings (SSSR count). The first-order chi connectivity index (χ1) is 7.34. The molecule has 0 radical (unpaired) electrons. The molecular formula is C10H16N4S. The van der Waals surface area contributed by atoms with Crippen molar-refractivity contribution in [1.82, 2.24) is 15.5 Å². The van der Waals surface area contributed by atoms with Gasteiger partial charge in [0.15, 0.2) is 5.11 Å². The van der Waals surface area contributed by atoms with Crippen molar-refractivity contribution in [3.63, 3.8) is 0 Å². The van der Waals surface area contributed by atoms with Crippen LogP contribution in [0, 0.1) is 0 Å². The molecule has 1 aliphatic rings. The predicted octanol–water partition coefficient (Wildman–Crippen LogP) is 2.03. The smallest absolute Gasteiger partial charge is 0.171 e. The highest BCUT2D eigenvalue weighted by Crippen LogP contribution is 2.17. The molecule has 0 saturated heterocycles. The van der Waals surface area contributed by atoms with Crippen LogP contribution in [0.4, 0.5) is 5.69 Å². The Balaban J connectivity index is 1.76. The molecule has 3 N–H and O–H groups in total. The summed E-state index contributed by atoms with van der Waals surface area (Å²) in [4.78, 5) is 0. The first kappa shape index (κ1) is 10.4. The van der Waals surface area contributed by atoms with Crippen LogP contribution in [-0.4, -0.2) is 21.4 Å². The van der Waals surface area contributed by atoms with E-state index in [0.29, 0.717) is 11.2 Å². The molecule has 0 aliphatic heterocycles. The number of nitrogens with one attached hydrogen (secondary N) is 3. The van der Waals surface area contributed by atoms with Crippen LogP contribution in [0.3, 0.4) is 0 Å². The van der Waals surface area contributed by atoms with Gasteiger partial charge in [0.1, 0.15) is 0 Å². The third-order valence-electron chi connectivity index (χ3n) is 2.70. The quantitative estimate of drug-likeness (QED) is 0.673. The summed E-state index contributed by atoms with van der Waals surface area (Å²) in [5.41, 5.74) is 0.906. The van der Waals surface area contributed by atoms with Crippen LogP contribution in [0.25, 0.3) is 0 Å². The van der Waals surface area contributed by atoms with E-state index in [1.807, 2.05) is 0 Å². The van der Waals surface area contributed by atoms with Crippen LogP contribution in [0.15, 0.2) is 12.4 Å². The molecule has 0 bridgehead atoms. The molecule has 4 nitrogen and oxygen atoms in total. The minimum Gasteiger partial charge on any atom is -0.360 e. The van der Waals surface area contributed by atoms with Crippen LogP contribution in [-0.2, 0) is 0 Å². The maximum Gasteiger partial charge on any atom is 0.171 e. The third kappa shape index (κ3) is 3.20. The van der Waals surface area contributed by atoms with Crippen molar-refractivity contribution in [3.05, 3.63) is 12.4 Å². The summed E-state index contributed by atoms with van der Waals surface area (Å²) < 4.78 is 0. The molecule has 0 atom stereocenters. The van der Waals surface area contributed by atoms with Crippen LogP contribution >= 0.6 is 12.2 Å². The Morgan fingerprint density at radius 3 is 2.87 bits per heavy atom. The van der Waals surface area contributed by atoms with Crippen molar-refractivity contribution in [3.8, 4) is 0 Å². The molecule has 1 aliphatic carbocycles. The molecule has 0 aromatic carbocycles. The van der Waals surface area contributed by atoms with Crippen molar-refractivity contribution in [2.24, 2.45) is 0 Å². The van der Waals surface area contributed by atoms with Crippen molar-refractivity contribution < 1.29 is 0 Å². The van der Waals surface area contributed by atoms with Gasteiger partial charge in [0, 0.05) is 12.2 Å². The van der Waals surface area contributed by atoms with Crippen LogP contribution < -0.4 is 10.6 Å². The zero-order valence-corrected chi connectivity index (χ0v) is 9.44. The summed E-state index contributed by atoms with van der Waals surface area (Å²) in [5, 5.41) is 13.7. The average molecular weight is 224 g/mol. The van der Waals surface area contributed by atoms with Gasteiger partial charge in [-0.1, -0.05) is 19.3 Å². The van der Waals surface area contributed by atoms with Gasteiger partial charge in [-0.25, -0.2) is 0 Å². The first-order valence-electron chi connectivity index (χ1n) is 5.41. The molecule has 1 aromatic rings. The summed E-state index contributed by atoms with van der Waals surface area (Å²) >= 11 is 5.22. The van der Waals surface area contributed by atoms with Crippen LogP contribution in [0.1, 0.15) is 32.1 Å². The van der Waals surface area contributed by atoms with Gasteiger partial charge < -0.3 is 10.6 Å². The summed E-state index contributed by atoms with van der Waals surface area (Å²) in [7, 11) is 0. The summed E-state index contributed by atoms with van der Waals surface area (Å²) in [6, 6.07) is 0.547. The molecule has 5 heteroatoms. The summed E-state index contributed by atoms with van der Waals surface area (Å²) in [6.45, 7) is 0. The van der Waals surface area contributed by atoms with Crippen LogP contribution in [0.2, 0.25) is 0 Å². The van der Waals surface area contributed by atoms with Crippen molar-refractivity contribution in [1.29, 1.82) is 0 Å². The highest BCUT2D eigenvalue weighted by Gasteiger charge is 2.13. The zero-order valence-electron chi connectivity index (χ0n) is 8.62. The molecule has 1 aromatic heterocycles. The van der Waals surface area contributed by atoms with Gasteiger partial charge in [-0.15, -0.1) is 0 Å². The third-order valence-corrected chi connectivity index (χ3v) is 2.92. The summed E-state index contributed by atoms with van der Waals surface area (Å²) in [6.07, 6.45) is 9.95. The second kappa shape index (κ2) is 5.11. The Hall–Kier alpha value is -1.10. The second-order valence-corrected chi connectivity index (χ2v) is 4.33. The minimum atomic E-state index is 0.547. The average Bonchev–Trinajstić information content (AvgIpc) is 2.71. The molecule has 15 heavy (non-hydrogen) atoms. The largest absolute Gasteiger partial charge is 0.360 e. The number of anilines is 1. The number of aromatic amines is 1. The Bertz CT molecular complexity index is 303. The van der Waals surface area contributed by atoms with E-state index in [4.69, 9.17) is 12.2 Å². The molecule has 0 amide bonds. The Labute approximate surface area is 94.8 Å². The molecule has 1 heterocycles. The van der Waals surface area contributed by atoms with Gasteiger partial charge in [-0.3, -0.25) is 5.10 Å². The fourth-order valence-electron chi connectivity index (χ4n) is 1.92. The minimum absolute atomic E-state index is 0.547. The highest BCUT2D eigenvalue weighted by molar-refractivity contribution is 7.80. The number of thiocarbonyl (C=S) groups is 1. The molecule has 1 saturated carbocycles. The highest BCUT2D eigenvalue weighted by atomic mass is 32.1. The number of hydrogen-bond acceptors (Lipinski definition) is 2. The molecule has 0 unspecified atom stereocenters. The Morgan fingerprint density at radius 1 is 1.40 bits per heavy atom. The second-order valence-electron chi connectivity index (χ2n) is 3.92. The zero-order chi connectivity index (χ0) is 10.5. The number of aromatic nitrogens is 2. The summed E-state index contributed by atoms with van der Waals surface area (Å²) in [5.74, 6) is 0. The molecule has 0 spiro atoms. The lowest BCUT2D eigenvalue weighted by Gasteiger charge is -2.24. The van der Waals surface area contributed by atoms with E-state index in [9.17, 15) is 0 Å². The monoisotopic (exact) mass is 224 g/mol. The van der Waals surface area contributed by atoms with Crippen LogP contribution in [0.5, 0.6) is 0 Å². The topological polar surface area (TPSA) is 52.7 Å². The standard InChI is InChI=1S/C10H16N4S/c15-10(14-9-6-11-12-7-9)13-8-4-2-1-3-5-8/h6-8H,1-5H2,(H,11,12)(H2,13,14,15). The van der Waals surface area contributed by atoms with E-state index < -0.39 is 0 Å². The van der Waals surface area contributed by atoms with E-state index in [1.54, 1.807) is 12.4 Å². The van der Waals surface area contributed by atoms with Crippen molar-refractivity contribution in [2.75, 3.05) is 5.32 Å². The van der Waals surface area contributed by atoms with Gasteiger partial charge >= 0.3 is 0 Å². The lowest BCUT2D eigenvalue weighted by Crippen LogP contribution is -2.38. The molecule has 1 fully saturated rings. The molecule has 82 valence electrons. The van der Waals surface area contributed by atoms with Gasteiger partial charge in [0.05, 0.1) is 11.9 Å². The number of hydrogen-bond donors (Lipinski definition) is 3. The number of H-pyrrole nitrogens is 1. The maximum atomic E-state index is 5.22. The van der Waals surface area contributed by atoms with Gasteiger partial charge in [-0.2, -0.15) is 5.10 Å². The lowest BCUT2D eigenvalue weighted by atomic mass is 9.96. The Kier molecular flexibility index (Phi) is 3.55. The van der Waals surface area contributed by atoms with E-state index in [1.165, 1.54) is 32.1 Å². The van der Waals surface area contributed by atoms with E-state index in [-0.39, 0.29) is 0 Å². The Morgan fingerprint density at radius 2 is 2.20 bits per heavy atom. The van der Waals surface area contributed by atoms with Crippen molar-refractivity contribution in [2.45, 2.75) is 38.1 Å². The van der Waals surface area contributed by atoms with Gasteiger partial charge in [-0.05, 0) is 25.1 Å². The fraction of sp³-hybridized carbons (Fsp3) is 0.600. The lowest BCUT2D eigenvalue weighted by molar-refractivity contribution is 0.415. The number of rotatable bonds is 2. The SMILES string of the molecule is S=C(Nc1cn[nH]c1)NC1CCCCC1. The van der Waals surface area contributed by atoms with E-state index >= 15 is 0 Å². The van der Waals surface area contributed by atoms with E-state index in [0.717, 1.165) is 5.69 Å².